The van der Waals surface area contributed by atoms with E-state index < -0.39 is 0 Å². The van der Waals surface area contributed by atoms with E-state index in [2.05, 4.69) is 10.1 Å². The highest BCUT2D eigenvalue weighted by Crippen LogP contribution is 1.96. The second-order valence-corrected chi connectivity index (χ2v) is 3.50. The van der Waals surface area contributed by atoms with Crippen LogP contribution in [0.15, 0.2) is 0 Å². The van der Waals surface area contributed by atoms with E-state index in [0.717, 1.165) is 0 Å². The monoisotopic (exact) mass is 230 g/mol. The Kier molecular flexibility index (Phi) is 5.81. The van der Waals surface area contributed by atoms with Crippen molar-refractivity contribution in [3.05, 3.63) is 0 Å². The summed E-state index contributed by atoms with van der Waals surface area (Å²) >= 11 is 0. The number of carbonyl (C=O) groups excluding carboxylic acids is 2. The van der Waals surface area contributed by atoms with Crippen LogP contribution in [0.3, 0.4) is 0 Å². The SMILES string of the molecule is COC(=O)CCNCC(=O)N1CCOCC1. The maximum atomic E-state index is 11.6. The molecule has 0 spiro atoms. The number of morpholine rings is 1. The number of nitrogens with zero attached hydrogens (tertiary/aromatic N) is 1. The summed E-state index contributed by atoms with van der Waals surface area (Å²) in [5.41, 5.74) is 0. The highest BCUT2D eigenvalue weighted by molar-refractivity contribution is 5.78. The Labute approximate surface area is 94.9 Å². The average Bonchev–Trinajstić information content (AvgIpc) is 2.35. The van der Waals surface area contributed by atoms with Crippen molar-refractivity contribution in [2.24, 2.45) is 0 Å². The molecule has 1 heterocycles. The number of amides is 1. The number of nitrogens with one attached hydrogen (secondary N) is 1. The van der Waals surface area contributed by atoms with Crippen LogP contribution in [0.25, 0.3) is 0 Å². The highest BCUT2D eigenvalue weighted by atomic mass is 16.5. The Bertz CT molecular complexity index is 239. The largest absolute Gasteiger partial charge is 0.469 e. The smallest absolute Gasteiger partial charge is 0.306 e. The predicted molar refractivity (Wildman–Crippen MR) is 56.9 cm³/mol. The minimum Gasteiger partial charge on any atom is -0.469 e. The topological polar surface area (TPSA) is 67.9 Å². The molecule has 1 aliphatic heterocycles. The Balaban J connectivity index is 2.07. The van der Waals surface area contributed by atoms with Gasteiger partial charge < -0.3 is 19.7 Å². The van der Waals surface area contributed by atoms with Crippen molar-refractivity contribution in [3.8, 4) is 0 Å². The van der Waals surface area contributed by atoms with E-state index >= 15 is 0 Å². The molecule has 1 amide bonds. The molecule has 16 heavy (non-hydrogen) atoms. The molecular formula is C10H18N2O4. The van der Waals surface area contributed by atoms with Crippen LogP contribution in [0.5, 0.6) is 0 Å². The summed E-state index contributed by atoms with van der Waals surface area (Å²) in [7, 11) is 1.35. The zero-order chi connectivity index (χ0) is 11.8. The van der Waals surface area contributed by atoms with Crippen LogP contribution in [0.2, 0.25) is 0 Å². The van der Waals surface area contributed by atoms with Crippen LogP contribution in [-0.4, -0.2) is 63.3 Å². The van der Waals surface area contributed by atoms with Crippen molar-refractivity contribution in [2.75, 3.05) is 46.5 Å². The van der Waals surface area contributed by atoms with Gasteiger partial charge in [0.2, 0.25) is 5.91 Å². The first-order chi connectivity index (χ1) is 7.74. The van der Waals surface area contributed by atoms with Gasteiger partial charge in [0, 0.05) is 19.6 Å². The molecule has 0 aliphatic carbocycles. The van der Waals surface area contributed by atoms with Gasteiger partial charge in [-0.25, -0.2) is 0 Å². The summed E-state index contributed by atoms with van der Waals surface area (Å²) in [5, 5.41) is 2.91. The number of hydrogen-bond donors (Lipinski definition) is 1. The highest BCUT2D eigenvalue weighted by Gasteiger charge is 2.15. The first kappa shape index (κ1) is 12.9. The minimum absolute atomic E-state index is 0.0492. The maximum absolute atomic E-state index is 11.6. The Morgan fingerprint density at radius 3 is 2.69 bits per heavy atom. The quantitative estimate of drug-likeness (QED) is 0.484. The Morgan fingerprint density at radius 2 is 2.06 bits per heavy atom. The molecule has 1 aliphatic rings. The molecule has 6 nitrogen and oxygen atoms in total. The fourth-order valence-corrected chi connectivity index (χ4v) is 1.41. The minimum atomic E-state index is -0.272. The Morgan fingerprint density at radius 1 is 1.38 bits per heavy atom. The maximum Gasteiger partial charge on any atom is 0.306 e. The first-order valence-corrected chi connectivity index (χ1v) is 5.37. The van der Waals surface area contributed by atoms with Crippen LogP contribution < -0.4 is 5.32 Å². The lowest BCUT2D eigenvalue weighted by atomic mass is 10.4. The molecule has 1 saturated heterocycles. The van der Waals surface area contributed by atoms with E-state index in [0.29, 0.717) is 32.8 Å². The van der Waals surface area contributed by atoms with E-state index in [-0.39, 0.29) is 24.8 Å². The zero-order valence-electron chi connectivity index (χ0n) is 9.53. The van der Waals surface area contributed by atoms with Gasteiger partial charge in [-0.2, -0.15) is 0 Å². The van der Waals surface area contributed by atoms with Gasteiger partial charge >= 0.3 is 5.97 Å². The van der Waals surface area contributed by atoms with E-state index in [1.807, 2.05) is 0 Å². The standard InChI is InChI=1S/C10H18N2O4/c1-15-10(14)2-3-11-8-9(13)12-4-6-16-7-5-12/h11H,2-8H2,1H3. The molecule has 0 aromatic rings. The lowest BCUT2D eigenvalue weighted by Crippen LogP contribution is -2.44. The van der Waals surface area contributed by atoms with Gasteiger partial charge in [0.1, 0.15) is 0 Å². The van der Waals surface area contributed by atoms with E-state index in [4.69, 9.17) is 4.74 Å². The number of ether oxygens (including phenoxy) is 2. The van der Waals surface area contributed by atoms with Gasteiger partial charge in [0.15, 0.2) is 0 Å². The molecule has 0 saturated carbocycles. The van der Waals surface area contributed by atoms with Crippen molar-refractivity contribution < 1.29 is 19.1 Å². The predicted octanol–water partition coefficient (Wildman–Crippen LogP) is -1.00. The van der Waals surface area contributed by atoms with Gasteiger partial charge in [0.25, 0.3) is 0 Å². The fraction of sp³-hybridized carbons (Fsp3) is 0.800. The number of rotatable bonds is 5. The molecule has 0 aromatic carbocycles. The lowest BCUT2D eigenvalue weighted by molar-refractivity contribution is -0.141. The third-order valence-electron chi connectivity index (χ3n) is 2.37. The van der Waals surface area contributed by atoms with Gasteiger partial charge in [-0.3, -0.25) is 9.59 Å². The molecule has 0 aromatic heterocycles. The molecule has 1 N–H and O–H groups in total. The Hall–Kier alpha value is -1.14. The molecule has 1 fully saturated rings. The van der Waals surface area contributed by atoms with Crippen LogP contribution in [0, 0.1) is 0 Å². The van der Waals surface area contributed by atoms with Crippen molar-refractivity contribution >= 4 is 11.9 Å². The summed E-state index contributed by atoms with van der Waals surface area (Å²) in [6.45, 7) is 3.23. The van der Waals surface area contributed by atoms with Crippen molar-refractivity contribution in [2.45, 2.75) is 6.42 Å². The van der Waals surface area contributed by atoms with Crippen LogP contribution >= 0.6 is 0 Å². The van der Waals surface area contributed by atoms with Gasteiger partial charge in [0.05, 0.1) is 33.3 Å². The molecule has 0 atom stereocenters. The van der Waals surface area contributed by atoms with Crippen molar-refractivity contribution in [1.29, 1.82) is 0 Å². The molecular weight excluding hydrogens is 212 g/mol. The van der Waals surface area contributed by atoms with E-state index in [1.54, 1.807) is 4.90 Å². The molecule has 1 rings (SSSR count). The number of hydrogen-bond acceptors (Lipinski definition) is 5. The summed E-state index contributed by atoms with van der Waals surface area (Å²) < 4.78 is 9.63. The van der Waals surface area contributed by atoms with Gasteiger partial charge in [-0.05, 0) is 0 Å². The third kappa shape index (κ3) is 4.59. The zero-order valence-corrected chi connectivity index (χ0v) is 9.53. The summed E-state index contributed by atoms with van der Waals surface area (Å²) in [4.78, 5) is 24.1. The number of esters is 1. The summed E-state index contributed by atoms with van der Waals surface area (Å²) in [6.07, 6.45) is 0.285. The van der Waals surface area contributed by atoms with Crippen molar-refractivity contribution in [1.82, 2.24) is 10.2 Å². The average molecular weight is 230 g/mol. The normalized spacial score (nSPS) is 15.9. The van der Waals surface area contributed by atoms with Crippen LogP contribution in [0.4, 0.5) is 0 Å². The second-order valence-electron chi connectivity index (χ2n) is 3.50. The van der Waals surface area contributed by atoms with E-state index in [1.165, 1.54) is 7.11 Å². The lowest BCUT2D eigenvalue weighted by Gasteiger charge is -2.26. The molecule has 0 unspecified atom stereocenters. The van der Waals surface area contributed by atoms with E-state index in [9.17, 15) is 9.59 Å². The molecule has 6 heteroatoms. The number of carbonyl (C=O) groups is 2. The summed E-state index contributed by atoms with van der Waals surface area (Å²) in [5.74, 6) is -0.223. The van der Waals surface area contributed by atoms with Crippen LogP contribution in [0.1, 0.15) is 6.42 Å². The molecule has 92 valence electrons. The summed E-state index contributed by atoms with van der Waals surface area (Å²) in [6, 6.07) is 0. The van der Waals surface area contributed by atoms with Gasteiger partial charge in [-0.1, -0.05) is 0 Å². The van der Waals surface area contributed by atoms with Gasteiger partial charge in [-0.15, -0.1) is 0 Å². The second kappa shape index (κ2) is 7.19. The fourth-order valence-electron chi connectivity index (χ4n) is 1.41. The number of methoxy groups -OCH3 is 1. The van der Waals surface area contributed by atoms with Crippen molar-refractivity contribution in [3.63, 3.8) is 0 Å². The molecule has 0 radical (unpaired) electrons. The molecule has 0 bridgehead atoms. The van der Waals surface area contributed by atoms with Crippen LogP contribution in [-0.2, 0) is 19.1 Å². The first-order valence-electron chi connectivity index (χ1n) is 5.37. The third-order valence-corrected chi connectivity index (χ3v) is 2.37.